The number of rotatable bonds is 5. The minimum atomic E-state index is -4.91. The number of hydrogen-bond donors (Lipinski definition) is 1. The van der Waals surface area contributed by atoms with Gasteiger partial charge in [-0.3, -0.25) is 4.79 Å². The number of aliphatic carboxylic acids is 1. The van der Waals surface area contributed by atoms with E-state index in [9.17, 15) is 22.8 Å². The predicted molar refractivity (Wildman–Crippen MR) is 69.7 cm³/mol. The highest BCUT2D eigenvalue weighted by Gasteiger charge is 2.64. The van der Waals surface area contributed by atoms with E-state index in [0.717, 1.165) is 4.90 Å². The van der Waals surface area contributed by atoms with Gasteiger partial charge < -0.3 is 14.9 Å². The van der Waals surface area contributed by atoms with Crippen molar-refractivity contribution in [1.82, 2.24) is 9.80 Å². The highest BCUT2D eigenvalue weighted by Crippen LogP contribution is 2.45. The topological polar surface area (TPSA) is 60.9 Å². The Bertz CT molecular complexity index is 440. The Morgan fingerprint density at radius 3 is 2.14 bits per heavy atom. The van der Waals surface area contributed by atoms with Crippen LogP contribution >= 0.6 is 0 Å². The number of carbonyl (C=O) groups is 2. The summed E-state index contributed by atoms with van der Waals surface area (Å²) in [5.41, 5.74) is -2.89. The summed E-state index contributed by atoms with van der Waals surface area (Å²) in [6, 6.07) is -0.651. The lowest BCUT2D eigenvalue weighted by molar-refractivity contribution is -0.227. The Hall–Kier alpha value is -1.99. The van der Waals surface area contributed by atoms with Crippen molar-refractivity contribution in [1.29, 1.82) is 0 Å². The van der Waals surface area contributed by atoms with Gasteiger partial charge >= 0.3 is 18.2 Å². The van der Waals surface area contributed by atoms with E-state index in [-0.39, 0.29) is 19.6 Å². The van der Waals surface area contributed by atoms with Crippen LogP contribution in [0.5, 0.6) is 0 Å². The van der Waals surface area contributed by atoms with Gasteiger partial charge in [-0.05, 0) is 6.42 Å². The van der Waals surface area contributed by atoms with Gasteiger partial charge in [0.2, 0.25) is 0 Å². The zero-order chi connectivity index (χ0) is 16.3. The van der Waals surface area contributed by atoms with E-state index < -0.39 is 36.6 Å². The fourth-order valence-electron chi connectivity index (χ4n) is 2.24. The van der Waals surface area contributed by atoms with Crippen molar-refractivity contribution >= 4 is 12.0 Å². The lowest BCUT2D eigenvalue weighted by atomic mass is 9.86. The third-order valence-corrected chi connectivity index (χ3v) is 3.46. The molecule has 1 saturated heterocycles. The summed E-state index contributed by atoms with van der Waals surface area (Å²) in [6.07, 6.45) is -2.68. The number of halogens is 3. The van der Waals surface area contributed by atoms with Crippen LogP contribution in [0.4, 0.5) is 18.0 Å². The number of urea groups is 1. The Kier molecular flexibility index (Phi) is 5.03. The number of alkyl halides is 3. The molecular formula is C13H17F3N2O3. The second kappa shape index (κ2) is 6.19. The van der Waals surface area contributed by atoms with E-state index in [1.807, 2.05) is 0 Å². The maximum absolute atomic E-state index is 13.0. The molecule has 0 aromatic carbocycles. The quantitative estimate of drug-likeness (QED) is 0.791. The fourth-order valence-corrected chi connectivity index (χ4v) is 2.24. The third kappa shape index (κ3) is 3.20. The zero-order valence-electron chi connectivity index (χ0n) is 11.4. The Balaban J connectivity index is 2.93. The summed E-state index contributed by atoms with van der Waals surface area (Å²) in [7, 11) is 0. The molecule has 0 aliphatic carbocycles. The van der Waals surface area contributed by atoms with Crippen molar-refractivity contribution in [2.75, 3.05) is 26.2 Å². The van der Waals surface area contributed by atoms with Crippen molar-refractivity contribution in [2.24, 2.45) is 5.41 Å². The molecule has 21 heavy (non-hydrogen) atoms. The first kappa shape index (κ1) is 17.1. The summed E-state index contributed by atoms with van der Waals surface area (Å²) in [5, 5.41) is 8.94. The molecule has 0 spiro atoms. The molecule has 0 radical (unpaired) electrons. The number of carboxylic acid groups (broad SMARTS) is 1. The van der Waals surface area contributed by atoms with Crippen LogP contribution in [0.2, 0.25) is 0 Å². The Morgan fingerprint density at radius 2 is 1.81 bits per heavy atom. The molecule has 1 unspecified atom stereocenters. The SMILES string of the molecule is C=CCN(CC=C)C(=O)N1CCC(C(=O)O)(C(F)(F)F)C1. The molecule has 2 amide bonds. The first-order valence-corrected chi connectivity index (χ1v) is 6.25. The number of likely N-dealkylation sites (tertiary alicyclic amines) is 1. The molecule has 1 fully saturated rings. The van der Waals surface area contributed by atoms with Crippen LogP contribution in [-0.2, 0) is 4.79 Å². The van der Waals surface area contributed by atoms with Crippen molar-refractivity contribution in [3.63, 3.8) is 0 Å². The molecule has 0 aromatic heterocycles. The summed E-state index contributed by atoms with van der Waals surface area (Å²) in [6.45, 7) is 6.09. The van der Waals surface area contributed by atoms with Gasteiger partial charge in [-0.2, -0.15) is 13.2 Å². The Morgan fingerprint density at radius 1 is 1.29 bits per heavy atom. The second-order valence-corrected chi connectivity index (χ2v) is 4.82. The molecule has 0 saturated carbocycles. The summed E-state index contributed by atoms with van der Waals surface area (Å²) in [5.74, 6) is -1.95. The van der Waals surface area contributed by atoms with E-state index in [1.54, 1.807) is 0 Å². The molecule has 1 heterocycles. The largest absolute Gasteiger partial charge is 0.481 e. The fraction of sp³-hybridized carbons (Fsp3) is 0.538. The van der Waals surface area contributed by atoms with Crippen molar-refractivity contribution < 1.29 is 27.9 Å². The number of carbonyl (C=O) groups excluding carboxylic acids is 1. The molecule has 0 bridgehead atoms. The van der Waals surface area contributed by atoms with E-state index in [2.05, 4.69) is 13.2 Å². The van der Waals surface area contributed by atoms with Gasteiger partial charge in [0.05, 0.1) is 0 Å². The third-order valence-electron chi connectivity index (χ3n) is 3.46. The van der Waals surface area contributed by atoms with Gasteiger partial charge in [-0.25, -0.2) is 4.79 Å². The van der Waals surface area contributed by atoms with Crippen LogP contribution in [0.15, 0.2) is 25.3 Å². The molecular weight excluding hydrogens is 289 g/mol. The van der Waals surface area contributed by atoms with Crippen LogP contribution in [0.3, 0.4) is 0 Å². The molecule has 1 atom stereocenters. The zero-order valence-corrected chi connectivity index (χ0v) is 11.4. The van der Waals surface area contributed by atoms with E-state index in [4.69, 9.17) is 5.11 Å². The average molecular weight is 306 g/mol. The van der Waals surface area contributed by atoms with Gasteiger partial charge in [-0.1, -0.05) is 12.2 Å². The number of carboxylic acids is 1. The van der Waals surface area contributed by atoms with E-state index in [0.29, 0.717) is 0 Å². The smallest absolute Gasteiger partial charge is 0.406 e. The van der Waals surface area contributed by atoms with Crippen LogP contribution in [-0.4, -0.2) is 59.3 Å². The first-order valence-electron chi connectivity index (χ1n) is 6.25. The maximum Gasteiger partial charge on any atom is 0.406 e. The molecule has 1 rings (SSSR count). The van der Waals surface area contributed by atoms with Gasteiger partial charge in [0, 0.05) is 26.2 Å². The summed E-state index contributed by atoms with van der Waals surface area (Å²) in [4.78, 5) is 25.4. The van der Waals surface area contributed by atoms with Crippen molar-refractivity contribution in [3.05, 3.63) is 25.3 Å². The first-order chi connectivity index (χ1) is 9.69. The van der Waals surface area contributed by atoms with Gasteiger partial charge in [0.1, 0.15) is 0 Å². The second-order valence-electron chi connectivity index (χ2n) is 4.82. The average Bonchev–Trinajstić information content (AvgIpc) is 2.83. The van der Waals surface area contributed by atoms with Crippen molar-refractivity contribution in [3.8, 4) is 0 Å². The van der Waals surface area contributed by atoms with Crippen LogP contribution < -0.4 is 0 Å². The van der Waals surface area contributed by atoms with Crippen LogP contribution in [0.25, 0.3) is 0 Å². The lowest BCUT2D eigenvalue weighted by Gasteiger charge is -2.29. The normalized spacial score (nSPS) is 22.0. The van der Waals surface area contributed by atoms with Crippen LogP contribution in [0, 0.1) is 5.41 Å². The van der Waals surface area contributed by atoms with Crippen molar-refractivity contribution in [2.45, 2.75) is 12.6 Å². The van der Waals surface area contributed by atoms with Gasteiger partial charge in [-0.15, -0.1) is 13.2 Å². The number of amides is 2. The highest BCUT2D eigenvalue weighted by molar-refractivity contribution is 5.80. The lowest BCUT2D eigenvalue weighted by Crippen LogP contribution is -2.49. The van der Waals surface area contributed by atoms with E-state index in [1.165, 1.54) is 17.1 Å². The molecule has 118 valence electrons. The standard InChI is InChI=1S/C13H17F3N2O3/c1-3-6-17(7-4-2)11(21)18-8-5-12(9-18,10(19)20)13(14,15)16/h3-4H,1-2,5-9H2,(H,19,20). The predicted octanol–water partition coefficient (Wildman–Crippen LogP) is 2.12. The van der Waals surface area contributed by atoms with Crippen LogP contribution in [0.1, 0.15) is 6.42 Å². The van der Waals surface area contributed by atoms with E-state index >= 15 is 0 Å². The molecule has 0 aromatic rings. The molecule has 8 heteroatoms. The molecule has 1 aliphatic rings. The maximum atomic E-state index is 13.0. The molecule has 5 nitrogen and oxygen atoms in total. The highest BCUT2D eigenvalue weighted by atomic mass is 19.4. The monoisotopic (exact) mass is 306 g/mol. The summed E-state index contributed by atoms with van der Waals surface area (Å²) >= 11 is 0. The minimum Gasteiger partial charge on any atom is -0.481 e. The number of hydrogen-bond acceptors (Lipinski definition) is 2. The van der Waals surface area contributed by atoms with Gasteiger partial charge in [0.15, 0.2) is 5.41 Å². The minimum absolute atomic E-state index is 0.146. The summed E-state index contributed by atoms with van der Waals surface area (Å²) < 4.78 is 39.1. The molecule has 1 N–H and O–H groups in total. The molecule has 1 aliphatic heterocycles. The Labute approximate surface area is 120 Å². The number of nitrogens with zero attached hydrogens (tertiary/aromatic N) is 2. The van der Waals surface area contributed by atoms with Gasteiger partial charge in [0.25, 0.3) is 0 Å².